The van der Waals surface area contributed by atoms with Crippen LogP contribution < -0.4 is 0 Å². The third kappa shape index (κ3) is 1.67. The largest absolute Gasteiger partial charge is 0.339 e. The van der Waals surface area contributed by atoms with Gasteiger partial charge in [0, 0.05) is 35.1 Å². The summed E-state index contributed by atoms with van der Waals surface area (Å²) in [5.74, 6) is -0.656. The molecule has 3 aromatic rings. The molecule has 5 nitrogen and oxygen atoms in total. The molecular weight excluding hydrogens is 346 g/mol. The molecule has 6 heteroatoms. The zero-order valence-corrected chi connectivity index (χ0v) is 13.1. The molecule has 22 heavy (non-hydrogen) atoms. The highest BCUT2D eigenvalue weighted by molar-refractivity contribution is 9.12. The van der Waals surface area contributed by atoms with Crippen LogP contribution in [0.5, 0.6) is 0 Å². The highest BCUT2D eigenvalue weighted by Crippen LogP contribution is 2.34. The number of amides is 2. The predicted molar refractivity (Wildman–Crippen MR) is 87.2 cm³/mol. The van der Waals surface area contributed by atoms with Crippen molar-refractivity contribution in [2.45, 2.75) is 0 Å². The van der Waals surface area contributed by atoms with E-state index in [-0.39, 0.29) is 16.3 Å². The van der Waals surface area contributed by atoms with E-state index < -0.39 is 0 Å². The van der Waals surface area contributed by atoms with Gasteiger partial charge in [-0.15, -0.1) is 0 Å². The van der Waals surface area contributed by atoms with Gasteiger partial charge in [0.15, 0.2) is 0 Å². The SMILES string of the molecule is CN1C(=O)C(Br)=C(c2cnc3[nH]c4ccccc4c3c2)C1=O. The lowest BCUT2D eigenvalue weighted by molar-refractivity contribution is -0.134. The van der Waals surface area contributed by atoms with Gasteiger partial charge in [-0.25, -0.2) is 4.98 Å². The first-order valence-corrected chi connectivity index (χ1v) is 7.46. The quantitative estimate of drug-likeness (QED) is 0.682. The Labute approximate surface area is 133 Å². The van der Waals surface area contributed by atoms with E-state index in [1.807, 2.05) is 30.3 Å². The minimum absolute atomic E-state index is 0.279. The summed E-state index contributed by atoms with van der Waals surface area (Å²) in [6.07, 6.45) is 1.61. The van der Waals surface area contributed by atoms with Crippen LogP contribution in [-0.4, -0.2) is 33.7 Å². The Morgan fingerprint density at radius 2 is 1.91 bits per heavy atom. The normalized spacial score (nSPS) is 15.6. The molecule has 0 spiro atoms. The number of imide groups is 1. The number of carbonyl (C=O) groups excluding carboxylic acids is 2. The number of pyridine rings is 1. The molecule has 1 aromatic carbocycles. The number of nitrogens with zero attached hydrogens (tertiary/aromatic N) is 2. The van der Waals surface area contributed by atoms with E-state index in [0.29, 0.717) is 11.1 Å². The summed E-state index contributed by atoms with van der Waals surface area (Å²) >= 11 is 3.22. The number of para-hydroxylation sites is 1. The van der Waals surface area contributed by atoms with Crippen LogP contribution >= 0.6 is 15.9 Å². The van der Waals surface area contributed by atoms with Crippen LogP contribution in [0.4, 0.5) is 0 Å². The fraction of sp³-hybridized carbons (Fsp3) is 0.0625. The molecule has 3 heterocycles. The maximum Gasteiger partial charge on any atom is 0.268 e. The first kappa shape index (κ1) is 13.2. The average molecular weight is 356 g/mol. The van der Waals surface area contributed by atoms with Crippen LogP contribution in [-0.2, 0) is 9.59 Å². The Hall–Kier alpha value is -2.47. The summed E-state index contributed by atoms with van der Waals surface area (Å²) in [6.45, 7) is 0. The Balaban J connectivity index is 1.99. The zero-order chi connectivity index (χ0) is 15.4. The third-order valence-electron chi connectivity index (χ3n) is 3.88. The van der Waals surface area contributed by atoms with Gasteiger partial charge in [-0.05, 0) is 28.1 Å². The molecule has 0 radical (unpaired) electrons. The van der Waals surface area contributed by atoms with E-state index in [0.717, 1.165) is 26.8 Å². The number of halogens is 1. The summed E-state index contributed by atoms with van der Waals surface area (Å²) < 4.78 is 0.279. The van der Waals surface area contributed by atoms with Gasteiger partial charge in [-0.3, -0.25) is 14.5 Å². The molecular formula is C16H10BrN3O2. The van der Waals surface area contributed by atoms with Gasteiger partial charge in [-0.1, -0.05) is 18.2 Å². The second-order valence-electron chi connectivity index (χ2n) is 5.15. The van der Waals surface area contributed by atoms with Crippen molar-refractivity contribution in [2.75, 3.05) is 7.05 Å². The molecule has 0 fully saturated rings. The van der Waals surface area contributed by atoms with Gasteiger partial charge in [0.1, 0.15) is 5.65 Å². The van der Waals surface area contributed by atoms with E-state index in [4.69, 9.17) is 0 Å². The number of aromatic amines is 1. The Bertz CT molecular complexity index is 1000. The number of rotatable bonds is 1. The lowest BCUT2D eigenvalue weighted by Gasteiger charge is -2.06. The Morgan fingerprint density at radius 1 is 1.14 bits per heavy atom. The van der Waals surface area contributed by atoms with Crippen molar-refractivity contribution in [3.63, 3.8) is 0 Å². The van der Waals surface area contributed by atoms with Gasteiger partial charge in [0.25, 0.3) is 11.8 Å². The van der Waals surface area contributed by atoms with E-state index >= 15 is 0 Å². The van der Waals surface area contributed by atoms with Crippen molar-refractivity contribution < 1.29 is 9.59 Å². The second kappa shape index (κ2) is 4.51. The number of carbonyl (C=O) groups is 2. The van der Waals surface area contributed by atoms with Gasteiger partial charge in [0.05, 0.1) is 10.1 Å². The molecule has 1 aliphatic heterocycles. The van der Waals surface area contributed by atoms with Crippen LogP contribution in [0.15, 0.2) is 41.0 Å². The number of H-pyrrole nitrogens is 1. The molecule has 0 aliphatic carbocycles. The Kier molecular flexibility index (Phi) is 2.71. The van der Waals surface area contributed by atoms with E-state index in [2.05, 4.69) is 25.9 Å². The number of hydrogen-bond donors (Lipinski definition) is 1. The molecule has 0 bridgehead atoms. The van der Waals surface area contributed by atoms with Crippen molar-refractivity contribution >= 4 is 55.3 Å². The fourth-order valence-corrected chi connectivity index (χ4v) is 3.38. The molecule has 0 saturated heterocycles. The molecule has 0 unspecified atom stereocenters. The summed E-state index contributed by atoms with van der Waals surface area (Å²) in [5, 5.41) is 1.96. The smallest absolute Gasteiger partial charge is 0.268 e. The topological polar surface area (TPSA) is 66.1 Å². The van der Waals surface area contributed by atoms with Crippen LogP contribution in [0.25, 0.3) is 27.5 Å². The lowest BCUT2D eigenvalue weighted by atomic mass is 10.1. The molecule has 1 aliphatic rings. The van der Waals surface area contributed by atoms with Gasteiger partial charge < -0.3 is 4.98 Å². The molecule has 108 valence electrons. The number of nitrogens with one attached hydrogen (secondary N) is 1. The number of benzene rings is 1. The zero-order valence-electron chi connectivity index (χ0n) is 11.6. The number of hydrogen-bond acceptors (Lipinski definition) is 3. The highest BCUT2D eigenvalue weighted by Gasteiger charge is 2.35. The molecule has 2 amide bonds. The van der Waals surface area contributed by atoms with E-state index in [9.17, 15) is 9.59 Å². The van der Waals surface area contributed by atoms with Crippen molar-refractivity contribution in [3.8, 4) is 0 Å². The molecule has 0 saturated carbocycles. The van der Waals surface area contributed by atoms with Crippen LogP contribution in [0.2, 0.25) is 0 Å². The van der Waals surface area contributed by atoms with Crippen molar-refractivity contribution in [1.82, 2.24) is 14.9 Å². The molecule has 2 aromatic heterocycles. The number of fused-ring (bicyclic) bond motifs is 3. The summed E-state index contributed by atoms with van der Waals surface area (Å²) in [5.41, 5.74) is 2.73. The number of aromatic nitrogens is 2. The summed E-state index contributed by atoms with van der Waals surface area (Å²) in [4.78, 5) is 32.9. The summed E-state index contributed by atoms with van der Waals surface area (Å²) in [6, 6.07) is 9.77. The van der Waals surface area contributed by atoms with Crippen molar-refractivity contribution in [3.05, 3.63) is 46.6 Å². The predicted octanol–water partition coefficient (Wildman–Crippen LogP) is 2.82. The maximum absolute atomic E-state index is 12.2. The van der Waals surface area contributed by atoms with Gasteiger partial charge in [-0.2, -0.15) is 0 Å². The van der Waals surface area contributed by atoms with E-state index in [1.54, 1.807) is 6.20 Å². The van der Waals surface area contributed by atoms with Crippen molar-refractivity contribution in [2.24, 2.45) is 0 Å². The first-order chi connectivity index (χ1) is 10.6. The maximum atomic E-state index is 12.2. The minimum atomic E-state index is -0.334. The summed E-state index contributed by atoms with van der Waals surface area (Å²) in [7, 11) is 1.47. The molecule has 4 rings (SSSR count). The molecule has 1 N–H and O–H groups in total. The monoisotopic (exact) mass is 355 g/mol. The Morgan fingerprint density at radius 3 is 2.64 bits per heavy atom. The second-order valence-corrected chi connectivity index (χ2v) is 5.94. The number of likely N-dealkylation sites (N-methyl/N-ethyl adjacent to an activating group) is 1. The highest BCUT2D eigenvalue weighted by atomic mass is 79.9. The van der Waals surface area contributed by atoms with Crippen molar-refractivity contribution in [1.29, 1.82) is 0 Å². The molecule has 0 atom stereocenters. The van der Waals surface area contributed by atoms with Gasteiger partial charge >= 0.3 is 0 Å². The third-order valence-corrected chi connectivity index (χ3v) is 4.61. The van der Waals surface area contributed by atoms with Crippen LogP contribution in [0.3, 0.4) is 0 Å². The minimum Gasteiger partial charge on any atom is -0.339 e. The first-order valence-electron chi connectivity index (χ1n) is 6.67. The van der Waals surface area contributed by atoms with Crippen LogP contribution in [0, 0.1) is 0 Å². The van der Waals surface area contributed by atoms with Gasteiger partial charge in [0.2, 0.25) is 0 Å². The van der Waals surface area contributed by atoms with Crippen LogP contribution in [0.1, 0.15) is 5.56 Å². The standard InChI is InChI=1S/C16H10BrN3O2/c1-20-15(21)12(13(17)16(20)22)8-6-10-9-4-2-3-5-11(9)19-14(10)18-7-8/h2-7H,1H3,(H,18,19). The van der Waals surface area contributed by atoms with E-state index in [1.165, 1.54) is 7.05 Å². The average Bonchev–Trinajstić information content (AvgIpc) is 2.99. The fourth-order valence-electron chi connectivity index (χ4n) is 2.72. The lowest BCUT2D eigenvalue weighted by Crippen LogP contribution is -2.26.